The number of ether oxygens (including phenoxy) is 2. The van der Waals surface area contributed by atoms with Crippen LogP contribution in [-0.4, -0.2) is 66.4 Å². The molecule has 4 fully saturated rings. The number of aliphatic imine (C=N–C) groups is 2. The second-order valence-corrected chi connectivity index (χ2v) is 27.7. The number of nitrogens with zero attached hydrogens (tertiary/aromatic N) is 6. The van der Waals surface area contributed by atoms with Crippen LogP contribution in [0.25, 0.3) is 88.3 Å². The molecule has 0 unspecified atom stereocenters. The number of aromatic amines is 2. The number of rotatable bonds is 13. The summed E-state index contributed by atoms with van der Waals surface area (Å²) in [5.74, 6) is 2.98. The third-order valence-corrected chi connectivity index (χ3v) is 21.4. The van der Waals surface area contributed by atoms with Gasteiger partial charge >= 0.3 is 12.2 Å². The minimum absolute atomic E-state index is 0.117. The van der Waals surface area contributed by atoms with E-state index in [1.807, 2.05) is 71.8 Å². The van der Waals surface area contributed by atoms with E-state index >= 15 is 0 Å². The lowest BCUT2D eigenvalue weighted by Crippen LogP contribution is -2.31. The van der Waals surface area contributed by atoms with E-state index in [2.05, 4.69) is 162 Å². The van der Waals surface area contributed by atoms with Crippen molar-refractivity contribution in [2.75, 3.05) is 13.1 Å². The number of fused-ring (bicyclic) bond motifs is 5. The van der Waals surface area contributed by atoms with E-state index in [4.69, 9.17) is 29.4 Å². The molecule has 2 amide bonds. The van der Waals surface area contributed by atoms with Gasteiger partial charge in [0.25, 0.3) is 0 Å². The van der Waals surface area contributed by atoms with Gasteiger partial charge in [0.1, 0.15) is 24.9 Å². The predicted octanol–water partition coefficient (Wildman–Crippen LogP) is 21.2. The summed E-state index contributed by atoms with van der Waals surface area (Å²) in [5.41, 5.74) is 23.3. The number of hydrogen-bond donors (Lipinski definition) is 2. The largest absolute Gasteiger partial charge is 0.445 e. The molecular weight excluding hydrogens is 1210 g/mol. The number of hydrogen-bond acceptors (Lipinski definition) is 8. The van der Waals surface area contributed by atoms with Gasteiger partial charge in [-0.1, -0.05) is 177 Å². The van der Waals surface area contributed by atoms with Crippen molar-refractivity contribution in [3.05, 3.63) is 252 Å². The van der Waals surface area contributed by atoms with Crippen LogP contribution in [0.5, 0.6) is 0 Å². The second kappa shape index (κ2) is 26.7. The molecular formula is C86H78N8O4. The molecule has 2 N–H and O–H groups in total. The minimum Gasteiger partial charge on any atom is -0.445 e. The van der Waals surface area contributed by atoms with E-state index in [0.717, 1.165) is 112 Å². The number of aromatic nitrogens is 4. The summed E-state index contributed by atoms with van der Waals surface area (Å²) < 4.78 is 11.3. The molecule has 4 aliphatic heterocycles. The molecule has 0 bridgehead atoms. The van der Waals surface area contributed by atoms with Crippen molar-refractivity contribution in [2.45, 2.75) is 115 Å². The highest BCUT2D eigenvalue weighted by molar-refractivity contribution is 5.99. The zero-order valence-corrected chi connectivity index (χ0v) is 55.1. The molecule has 12 nitrogen and oxygen atoms in total. The highest BCUT2D eigenvalue weighted by Gasteiger charge is 2.35. The number of carbonyl (C=O) groups is 2. The molecule has 0 spiro atoms. The van der Waals surface area contributed by atoms with E-state index in [1.54, 1.807) is 4.90 Å². The maximum atomic E-state index is 13.0. The summed E-state index contributed by atoms with van der Waals surface area (Å²) in [6.07, 6.45) is 17.4. The number of amides is 2. The Hall–Kier alpha value is -10.7. The Balaban J connectivity index is 0.000000147. The first-order valence-electron chi connectivity index (χ1n) is 35.4. The van der Waals surface area contributed by atoms with Crippen LogP contribution < -0.4 is 0 Å². The first-order valence-corrected chi connectivity index (χ1v) is 35.4. The van der Waals surface area contributed by atoms with Crippen molar-refractivity contribution >= 4 is 67.6 Å². The molecule has 2 aliphatic carbocycles. The van der Waals surface area contributed by atoms with Gasteiger partial charge in [0.05, 0.1) is 46.4 Å². The van der Waals surface area contributed by atoms with Crippen molar-refractivity contribution in [3.8, 4) is 55.8 Å². The number of carbonyl (C=O) groups excluding carboxylic acids is 2. The molecule has 2 atom stereocenters. The molecule has 98 heavy (non-hydrogen) atoms. The Morgan fingerprint density at radius 3 is 1.39 bits per heavy atom. The molecule has 0 radical (unpaired) electrons. The van der Waals surface area contributed by atoms with Crippen LogP contribution in [0.15, 0.2) is 229 Å². The van der Waals surface area contributed by atoms with Crippen molar-refractivity contribution in [1.29, 1.82) is 0 Å². The monoisotopic (exact) mass is 1290 g/mol. The van der Waals surface area contributed by atoms with Crippen LogP contribution in [0.4, 0.5) is 21.0 Å². The van der Waals surface area contributed by atoms with Gasteiger partial charge in [-0.2, -0.15) is 0 Å². The Bertz CT molecular complexity index is 5040. The first-order chi connectivity index (χ1) is 48.3. The van der Waals surface area contributed by atoms with Gasteiger partial charge in [0.15, 0.2) is 0 Å². The molecule has 12 heteroatoms. The topological polar surface area (TPSA) is 141 Å². The van der Waals surface area contributed by atoms with Crippen molar-refractivity contribution < 1.29 is 19.1 Å². The van der Waals surface area contributed by atoms with Gasteiger partial charge in [-0.3, -0.25) is 19.8 Å². The number of nitrogens with one attached hydrogen (secondary N) is 2. The van der Waals surface area contributed by atoms with Crippen molar-refractivity contribution in [3.63, 3.8) is 0 Å². The molecule has 486 valence electrons. The Kier molecular flexibility index (Phi) is 16.6. The summed E-state index contributed by atoms with van der Waals surface area (Å²) in [4.78, 5) is 56.3. The smallest absolute Gasteiger partial charge is 0.410 e. The molecule has 2 aromatic heterocycles. The standard InChI is InChI=1S/C44H40N4O2.C42H38N4O2/c49-44(50-28-29-7-2-1-3-8-29)48-22-6-11-42(48)43-45-27-41(47-43)33-16-12-30(13-17-33)34-18-14-31-15-19-35(24-37(31)23-34)36-20-21-39-38(25-36)26-40(46-39)32-9-4-5-10-32;47-42(48-26-27-7-2-1-3-8-27)46-20-6-11-40(46)41-44-37-19-17-34(24-39(37)45-41)32-15-14-29-21-31(13-12-30(29)22-32)33-16-18-36-35(23-33)25-38(43-36)28-9-4-5-10-28/h1-3,7-8,12-21,23-25,27,32,42H,4-6,9-11,22,26,28H2,(H,45,47);1-3,7-8,12-19,21-24,28,40H,4-6,9-11,20,25-26H2,(H,44,45)/t42-;40-/m00/s1. The van der Waals surface area contributed by atoms with Crippen molar-refractivity contribution in [2.24, 2.45) is 21.8 Å². The molecule has 2 saturated heterocycles. The van der Waals surface area contributed by atoms with Crippen molar-refractivity contribution in [1.82, 2.24) is 29.7 Å². The second-order valence-electron chi connectivity index (χ2n) is 27.7. The molecule has 12 aromatic rings. The molecule has 2 saturated carbocycles. The van der Waals surface area contributed by atoms with E-state index in [-0.39, 0.29) is 37.5 Å². The predicted molar refractivity (Wildman–Crippen MR) is 393 cm³/mol. The van der Waals surface area contributed by atoms with E-state index in [9.17, 15) is 9.59 Å². The third-order valence-electron chi connectivity index (χ3n) is 21.4. The first kappa shape index (κ1) is 60.9. The normalized spacial score (nSPS) is 17.5. The fourth-order valence-corrected chi connectivity index (χ4v) is 16.0. The highest BCUT2D eigenvalue weighted by Crippen LogP contribution is 2.42. The summed E-state index contributed by atoms with van der Waals surface area (Å²) >= 11 is 0. The average molecular weight is 1290 g/mol. The quantitative estimate of drug-likeness (QED) is 0.118. The van der Waals surface area contributed by atoms with E-state index in [0.29, 0.717) is 24.9 Å². The van der Waals surface area contributed by atoms with Crippen LogP contribution in [0.1, 0.15) is 123 Å². The van der Waals surface area contributed by atoms with Gasteiger partial charge in [0, 0.05) is 37.4 Å². The maximum Gasteiger partial charge on any atom is 0.410 e. The van der Waals surface area contributed by atoms with Crippen LogP contribution in [0.3, 0.4) is 0 Å². The zero-order chi connectivity index (χ0) is 65.5. The van der Waals surface area contributed by atoms with Crippen LogP contribution >= 0.6 is 0 Å². The maximum absolute atomic E-state index is 13.0. The molecule has 6 aliphatic rings. The Morgan fingerprint density at radius 1 is 0.408 bits per heavy atom. The van der Waals surface area contributed by atoms with Crippen LogP contribution in [0, 0.1) is 11.8 Å². The highest BCUT2D eigenvalue weighted by atomic mass is 16.6. The zero-order valence-electron chi connectivity index (χ0n) is 55.1. The number of H-pyrrole nitrogens is 2. The van der Waals surface area contributed by atoms with Gasteiger partial charge in [-0.05, 0) is 218 Å². The Labute approximate surface area is 571 Å². The average Bonchev–Trinajstić information content (AvgIpc) is 1.27. The lowest BCUT2D eigenvalue weighted by atomic mass is 9.94. The van der Waals surface area contributed by atoms with Crippen LogP contribution in [-0.2, 0) is 35.5 Å². The lowest BCUT2D eigenvalue weighted by molar-refractivity contribution is 0.0903. The summed E-state index contributed by atoms with van der Waals surface area (Å²) in [5, 5.41) is 4.90. The molecule has 6 heterocycles. The molecule has 10 aromatic carbocycles. The fourth-order valence-electron chi connectivity index (χ4n) is 16.0. The van der Waals surface area contributed by atoms with E-state index in [1.165, 1.54) is 123 Å². The van der Waals surface area contributed by atoms with Gasteiger partial charge < -0.3 is 19.4 Å². The number of imidazole rings is 2. The third kappa shape index (κ3) is 12.6. The summed E-state index contributed by atoms with van der Waals surface area (Å²) in [6.45, 7) is 1.87. The van der Waals surface area contributed by atoms with Gasteiger partial charge in [0.2, 0.25) is 0 Å². The lowest BCUT2D eigenvalue weighted by Gasteiger charge is -2.22. The number of benzene rings is 10. The SMILES string of the molecule is O=C(OCc1ccccc1)N1CCC[C@H]1c1nc2ccc(-c3ccc4cc(-c5ccc6c(c5)CC(C5CCCC5)=N6)ccc4c3)cc2[nH]1.O=C(OCc1ccccc1)N1CCC[C@H]1c1ncc(-c2ccc(-c3ccc4ccc(-c5ccc6c(c5)CC(C5CCCC5)=N6)cc4c3)cc2)[nH]1. The van der Waals surface area contributed by atoms with Gasteiger partial charge in [-0.25, -0.2) is 19.6 Å². The minimum atomic E-state index is -0.295. The van der Waals surface area contributed by atoms with Gasteiger partial charge in [-0.15, -0.1) is 0 Å². The fraction of sp³-hybridized carbons (Fsp3) is 0.256. The summed E-state index contributed by atoms with van der Waals surface area (Å²) in [7, 11) is 0. The van der Waals surface area contributed by atoms with Crippen LogP contribution in [0.2, 0.25) is 0 Å². The molecule has 18 rings (SSSR count). The van der Waals surface area contributed by atoms with E-state index < -0.39 is 0 Å². The summed E-state index contributed by atoms with van der Waals surface area (Å²) in [6, 6.07) is 74.9. The Morgan fingerprint density at radius 2 is 0.847 bits per heavy atom. The number of likely N-dealkylation sites (tertiary alicyclic amines) is 2.